The van der Waals surface area contributed by atoms with E-state index in [0.29, 0.717) is 11.2 Å². The van der Waals surface area contributed by atoms with Crippen LogP contribution in [0, 0.1) is 12.7 Å². The Balaban J connectivity index is 2.22. The molecule has 0 N–H and O–H groups in total. The molecule has 0 bridgehead atoms. The van der Waals surface area contributed by atoms with Crippen LogP contribution in [0.15, 0.2) is 41.3 Å². The monoisotopic (exact) mass is 318 g/mol. The van der Waals surface area contributed by atoms with E-state index in [4.69, 9.17) is 11.6 Å². The van der Waals surface area contributed by atoms with Gasteiger partial charge >= 0.3 is 0 Å². The Morgan fingerprint density at radius 2 is 1.76 bits per heavy atom. The Morgan fingerprint density at radius 1 is 1.05 bits per heavy atom. The second-order valence-corrected chi connectivity index (χ2v) is 5.89. The summed E-state index contributed by atoms with van der Waals surface area (Å²) in [6, 6.07) is 10.9. The van der Waals surface area contributed by atoms with Crippen molar-refractivity contribution in [3.8, 4) is 11.4 Å². The fourth-order valence-corrected chi connectivity index (χ4v) is 2.91. The molecule has 1 aromatic heterocycles. The lowest BCUT2D eigenvalue weighted by molar-refractivity contribution is 0.636. The van der Waals surface area contributed by atoms with E-state index < -0.39 is 0 Å². The van der Waals surface area contributed by atoms with Gasteiger partial charge in [0.05, 0.1) is 0 Å². The Hall–Kier alpha value is -1.65. The molecule has 0 saturated carbocycles. The van der Waals surface area contributed by atoms with Crippen molar-refractivity contribution in [3.63, 3.8) is 0 Å². The van der Waals surface area contributed by atoms with Crippen LogP contribution in [0.25, 0.3) is 22.3 Å². The fraction of sp³-hybridized carbons (Fsp3) is 0.125. The highest BCUT2D eigenvalue weighted by molar-refractivity contribution is 7.98. The van der Waals surface area contributed by atoms with Crippen molar-refractivity contribution in [2.45, 2.75) is 11.8 Å². The Kier molecular flexibility index (Phi) is 3.83. The summed E-state index contributed by atoms with van der Waals surface area (Å²) >= 11 is 7.88. The molecule has 0 aliphatic carbocycles. The van der Waals surface area contributed by atoms with Gasteiger partial charge in [-0.15, -0.1) is 11.8 Å². The lowest BCUT2D eigenvalue weighted by Crippen LogP contribution is -1.95. The average molecular weight is 319 g/mol. The maximum atomic E-state index is 14.0. The SMILES string of the molecule is CSc1ccc(-c2nc(Cl)c3c(C)ccc(F)c3n2)cc1. The third kappa shape index (κ3) is 2.61. The quantitative estimate of drug-likeness (QED) is 0.484. The highest BCUT2D eigenvalue weighted by Crippen LogP contribution is 2.29. The molecule has 3 rings (SSSR count). The Morgan fingerprint density at radius 3 is 2.43 bits per heavy atom. The molecule has 21 heavy (non-hydrogen) atoms. The maximum Gasteiger partial charge on any atom is 0.161 e. The number of thioether (sulfide) groups is 1. The van der Waals surface area contributed by atoms with E-state index in [0.717, 1.165) is 16.0 Å². The van der Waals surface area contributed by atoms with E-state index in [9.17, 15) is 4.39 Å². The van der Waals surface area contributed by atoms with E-state index in [-0.39, 0.29) is 16.5 Å². The highest BCUT2D eigenvalue weighted by atomic mass is 35.5. The molecule has 2 aromatic carbocycles. The summed E-state index contributed by atoms with van der Waals surface area (Å²) < 4.78 is 14.0. The molecule has 0 saturated heterocycles. The van der Waals surface area contributed by atoms with Gasteiger partial charge in [0.1, 0.15) is 16.5 Å². The topological polar surface area (TPSA) is 25.8 Å². The average Bonchev–Trinajstić information content (AvgIpc) is 2.50. The minimum Gasteiger partial charge on any atom is -0.225 e. The molecule has 0 spiro atoms. The molecule has 0 radical (unpaired) electrons. The van der Waals surface area contributed by atoms with Gasteiger partial charge in [-0.2, -0.15) is 0 Å². The van der Waals surface area contributed by atoms with Crippen LogP contribution in [0.4, 0.5) is 4.39 Å². The molecule has 0 atom stereocenters. The van der Waals surface area contributed by atoms with Crippen molar-refractivity contribution >= 4 is 34.3 Å². The van der Waals surface area contributed by atoms with E-state index in [2.05, 4.69) is 9.97 Å². The van der Waals surface area contributed by atoms with Crippen LogP contribution in [-0.4, -0.2) is 16.2 Å². The van der Waals surface area contributed by atoms with Gasteiger partial charge < -0.3 is 0 Å². The number of rotatable bonds is 2. The fourth-order valence-electron chi connectivity index (χ4n) is 2.19. The number of fused-ring (bicyclic) bond motifs is 1. The van der Waals surface area contributed by atoms with Crippen LogP contribution in [-0.2, 0) is 0 Å². The van der Waals surface area contributed by atoms with Crippen LogP contribution in [0.3, 0.4) is 0 Å². The van der Waals surface area contributed by atoms with E-state index in [1.165, 1.54) is 6.07 Å². The first-order valence-corrected chi connectivity index (χ1v) is 7.97. The molecule has 0 fully saturated rings. The van der Waals surface area contributed by atoms with Gasteiger partial charge in [0.25, 0.3) is 0 Å². The second-order valence-electron chi connectivity index (χ2n) is 4.65. The van der Waals surface area contributed by atoms with Gasteiger partial charge in [-0.3, -0.25) is 0 Å². The van der Waals surface area contributed by atoms with Crippen LogP contribution < -0.4 is 0 Å². The minimum absolute atomic E-state index is 0.263. The van der Waals surface area contributed by atoms with E-state index in [1.807, 2.05) is 37.4 Å². The summed E-state index contributed by atoms with van der Waals surface area (Å²) in [5, 5.41) is 0.849. The molecule has 0 aliphatic rings. The summed E-state index contributed by atoms with van der Waals surface area (Å²) in [6.45, 7) is 1.87. The lowest BCUT2D eigenvalue weighted by Gasteiger charge is -2.08. The van der Waals surface area contributed by atoms with Crippen LogP contribution in [0.5, 0.6) is 0 Å². The van der Waals surface area contributed by atoms with E-state index >= 15 is 0 Å². The molecule has 0 unspecified atom stereocenters. The van der Waals surface area contributed by atoms with Gasteiger partial charge in [0, 0.05) is 15.8 Å². The smallest absolute Gasteiger partial charge is 0.161 e. The standard InChI is InChI=1S/C16H12ClFN2S/c1-9-3-8-12(18)14-13(9)15(17)20-16(19-14)10-4-6-11(21-2)7-5-10/h3-8H,1-2H3. The van der Waals surface area contributed by atoms with Gasteiger partial charge in [-0.1, -0.05) is 29.8 Å². The summed E-state index contributed by atoms with van der Waals surface area (Å²) in [5.74, 6) is 0.0477. The van der Waals surface area contributed by atoms with Crippen LogP contribution in [0.1, 0.15) is 5.56 Å². The third-order valence-corrected chi connectivity index (χ3v) is 4.33. The molecule has 3 aromatic rings. The zero-order valence-corrected chi connectivity index (χ0v) is 13.1. The van der Waals surface area contributed by atoms with Crippen molar-refractivity contribution in [3.05, 3.63) is 52.9 Å². The van der Waals surface area contributed by atoms with Crippen LogP contribution >= 0.6 is 23.4 Å². The van der Waals surface area contributed by atoms with Crippen LogP contribution in [0.2, 0.25) is 5.15 Å². The summed E-state index contributed by atoms with van der Waals surface area (Å²) in [6.07, 6.45) is 2.01. The predicted molar refractivity (Wildman–Crippen MR) is 86.5 cm³/mol. The number of hydrogen-bond acceptors (Lipinski definition) is 3. The van der Waals surface area contributed by atoms with Gasteiger partial charge in [0.15, 0.2) is 5.82 Å². The Labute approximate surface area is 131 Å². The zero-order valence-electron chi connectivity index (χ0n) is 11.5. The number of aromatic nitrogens is 2. The third-order valence-electron chi connectivity index (χ3n) is 3.31. The molecule has 1 heterocycles. The van der Waals surface area contributed by atoms with Gasteiger partial charge in [-0.25, -0.2) is 14.4 Å². The minimum atomic E-state index is -0.387. The van der Waals surface area contributed by atoms with E-state index in [1.54, 1.807) is 17.8 Å². The summed E-state index contributed by atoms with van der Waals surface area (Å²) in [4.78, 5) is 9.80. The summed E-state index contributed by atoms with van der Waals surface area (Å²) in [7, 11) is 0. The zero-order chi connectivity index (χ0) is 15.0. The first-order chi connectivity index (χ1) is 10.1. The van der Waals surface area contributed by atoms with Gasteiger partial charge in [-0.05, 0) is 36.9 Å². The predicted octanol–water partition coefficient (Wildman–Crippen LogP) is 5.12. The molecule has 5 heteroatoms. The Bertz CT molecular complexity index is 819. The van der Waals surface area contributed by atoms with Gasteiger partial charge in [0.2, 0.25) is 0 Å². The van der Waals surface area contributed by atoms with Crippen molar-refractivity contribution in [1.29, 1.82) is 0 Å². The number of hydrogen-bond donors (Lipinski definition) is 0. The number of aryl methyl sites for hydroxylation is 1. The normalized spacial score (nSPS) is 11.0. The second kappa shape index (κ2) is 5.62. The lowest BCUT2D eigenvalue weighted by atomic mass is 10.1. The van der Waals surface area contributed by atoms with Crippen molar-refractivity contribution in [2.24, 2.45) is 0 Å². The number of nitrogens with zero attached hydrogens (tertiary/aromatic N) is 2. The number of benzene rings is 2. The largest absolute Gasteiger partial charge is 0.225 e. The molecule has 2 nitrogen and oxygen atoms in total. The maximum absolute atomic E-state index is 14.0. The highest BCUT2D eigenvalue weighted by Gasteiger charge is 2.13. The molecular formula is C16H12ClFN2S. The molecule has 106 valence electrons. The van der Waals surface area contributed by atoms with Crippen molar-refractivity contribution in [2.75, 3.05) is 6.26 Å². The molecule has 0 amide bonds. The first-order valence-electron chi connectivity index (χ1n) is 6.37. The van der Waals surface area contributed by atoms with Crippen molar-refractivity contribution in [1.82, 2.24) is 9.97 Å². The van der Waals surface area contributed by atoms with Crippen molar-refractivity contribution < 1.29 is 4.39 Å². The summed E-state index contributed by atoms with van der Waals surface area (Å²) in [5.41, 5.74) is 1.94. The first kappa shape index (κ1) is 14.3. The number of halogens is 2. The molecular weight excluding hydrogens is 307 g/mol. The molecule has 0 aliphatic heterocycles.